The summed E-state index contributed by atoms with van der Waals surface area (Å²) in [6.45, 7) is 1.15. The molecule has 0 bridgehead atoms. The van der Waals surface area contributed by atoms with Crippen molar-refractivity contribution in [3.8, 4) is 0 Å². The number of amides is 1. The Hall–Kier alpha value is -3.40. The van der Waals surface area contributed by atoms with Crippen LogP contribution in [-0.2, 0) is 24.2 Å². The molecule has 1 heterocycles. The van der Waals surface area contributed by atoms with Crippen molar-refractivity contribution in [3.63, 3.8) is 0 Å². The topological polar surface area (TPSA) is 34.0 Å². The van der Waals surface area contributed by atoms with E-state index in [4.69, 9.17) is 0 Å². The van der Waals surface area contributed by atoms with E-state index in [1.54, 1.807) is 6.07 Å². The van der Waals surface area contributed by atoms with Crippen LogP contribution < -0.4 is 5.32 Å². The van der Waals surface area contributed by atoms with Crippen molar-refractivity contribution in [1.82, 2.24) is 9.88 Å². The van der Waals surface area contributed by atoms with Crippen molar-refractivity contribution >= 4 is 16.8 Å². The van der Waals surface area contributed by atoms with Gasteiger partial charge in [0.25, 0.3) is 0 Å². The third kappa shape index (κ3) is 5.40. The Balaban J connectivity index is 1.34. The minimum Gasteiger partial charge on any atom is -0.356 e. The molecule has 4 heteroatoms. The number of halogens is 1. The fraction of sp³-hybridized carbons (Fsp3) is 0.222. The zero-order valence-electron chi connectivity index (χ0n) is 17.6. The number of aryl methyl sites for hydroxylation is 1. The molecule has 1 N–H and O–H groups in total. The fourth-order valence-corrected chi connectivity index (χ4v) is 3.98. The van der Waals surface area contributed by atoms with Gasteiger partial charge in [-0.2, -0.15) is 0 Å². The predicted molar refractivity (Wildman–Crippen MR) is 124 cm³/mol. The van der Waals surface area contributed by atoms with Crippen LogP contribution >= 0.6 is 0 Å². The van der Waals surface area contributed by atoms with Crippen LogP contribution in [0.4, 0.5) is 4.39 Å². The molecular weight excluding hydrogens is 387 g/mol. The molecule has 0 saturated heterocycles. The predicted octanol–water partition coefficient (Wildman–Crippen LogP) is 5.51. The van der Waals surface area contributed by atoms with Crippen LogP contribution in [0.1, 0.15) is 29.5 Å². The van der Waals surface area contributed by atoms with Crippen LogP contribution in [0, 0.1) is 5.82 Å². The first-order chi connectivity index (χ1) is 15.2. The van der Waals surface area contributed by atoms with Crippen LogP contribution in [0.5, 0.6) is 0 Å². The number of para-hydroxylation sites is 1. The molecule has 4 rings (SSSR count). The SMILES string of the molecule is O=C(CCCc1cn(Cc2ccccc2F)c2ccccc12)NCCc1ccccc1. The van der Waals surface area contributed by atoms with Gasteiger partial charge in [-0.15, -0.1) is 0 Å². The highest BCUT2D eigenvalue weighted by Gasteiger charge is 2.11. The molecule has 0 spiro atoms. The molecule has 3 aromatic carbocycles. The molecule has 0 aliphatic carbocycles. The lowest BCUT2D eigenvalue weighted by atomic mass is 10.1. The number of hydrogen-bond acceptors (Lipinski definition) is 1. The smallest absolute Gasteiger partial charge is 0.220 e. The van der Waals surface area contributed by atoms with Crippen molar-refractivity contribution in [2.24, 2.45) is 0 Å². The maximum atomic E-state index is 14.1. The van der Waals surface area contributed by atoms with E-state index in [0.29, 0.717) is 25.1 Å². The molecule has 158 valence electrons. The van der Waals surface area contributed by atoms with Gasteiger partial charge in [0.2, 0.25) is 5.91 Å². The summed E-state index contributed by atoms with van der Waals surface area (Å²) in [5.41, 5.74) is 4.19. The molecule has 0 atom stereocenters. The Kier molecular flexibility index (Phi) is 6.78. The van der Waals surface area contributed by atoms with E-state index < -0.39 is 0 Å². The van der Waals surface area contributed by atoms with Gasteiger partial charge in [-0.25, -0.2) is 4.39 Å². The van der Waals surface area contributed by atoms with E-state index in [1.807, 2.05) is 42.5 Å². The molecule has 31 heavy (non-hydrogen) atoms. The van der Waals surface area contributed by atoms with E-state index >= 15 is 0 Å². The summed E-state index contributed by atoms with van der Waals surface area (Å²) in [5.74, 6) is -0.0972. The molecule has 0 saturated carbocycles. The minimum atomic E-state index is -0.186. The van der Waals surface area contributed by atoms with Gasteiger partial charge in [0, 0.05) is 35.6 Å². The number of carbonyl (C=O) groups excluding carboxylic acids is 1. The Labute approximate surface area is 182 Å². The summed E-state index contributed by atoms with van der Waals surface area (Å²) in [7, 11) is 0. The Morgan fingerprint density at radius 1 is 0.839 bits per heavy atom. The molecule has 1 aromatic heterocycles. The summed E-state index contributed by atoms with van der Waals surface area (Å²) >= 11 is 0. The van der Waals surface area contributed by atoms with Gasteiger partial charge in [-0.05, 0) is 42.5 Å². The number of rotatable bonds is 9. The maximum Gasteiger partial charge on any atom is 0.220 e. The van der Waals surface area contributed by atoms with Gasteiger partial charge in [0.1, 0.15) is 5.82 Å². The van der Waals surface area contributed by atoms with Crippen LogP contribution in [0.3, 0.4) is 0 Å². The largest absolute Gasteiger partial charge is 0.356 e. The van der Waals surface area contributed by atoms with Crippen LogP contribution in [0.15, 0.2) is 85.1 Å². The van der Waals surface area contributed by atoms with Gasteiger partial charge >= 0.3 is 0 Å². The van der Waals surface area contributed by atoms with Crippen molar-refractivity contribution < 1.29 is 9.18 Å². The highest BCUT2D eigenvalue weighted by Crippen LogP contribution is 2.24. The molecule has 4 aromatic rings. The minimum absolute atomic E-state index is 0.0889. The molecule has 1 amide bonds. The van der Waals surface area contributed by atoms with Gasteiger partial charge in [-0.3, -0.25) is 4.79 Å². The normalized spacial score (nSPS) is 11.0. The number of nitrogens with one attached hydrogen (secondary N) is 1. The zero-order valence-corrected chi connectivity index (χ0v) is 17.6. The van der Waals surface area contributed by atoms with Crippen LogP contribution in [0.25, 0.3) is 10.9 Å². The first kappa shape index (κ1) is 20.9. The van der Waals surface area contributed by atoms with Crippen molar-refractivity contribution in [2.45, 2.75) is 32.2 Å². The van der Waals surface area contributed by atoms with E-state index in [0.717, 1.165) is 24.8 Å². The molecule has 0 unspecified atom stereocenters. The van der Waals surface area contributed by atoms with Gasteiger partial charge in [0.05, 0.1) is 6.54 Å². The average Bonchev–Trinajstić information content (AvgIpc) is 3.14. The average molecular weight is 415 g/mol. The number of carbonyl (C=O) groups is 1. The van der Waals surface area contributed by atoms with Crippen molar-refractivity contribution in [1.29, 1.82) is 0 Å². The second-order valence-corrected chi connectivity index (χ2v) is 7.83. The Bertz CT molecular complexity index is 1150. The molecule has 0 aliphatic rings. The van der Waals surface area contributed by atoms with Gasteiger partial charge in [-0.1, -0.05) is 66.7 Å². The molecular formula is C27H27FN2O. The second kappa shape index (κ2) is 10.1. The van der Waals surface area contributed by atoms with E-state index in [2.05, 4.69) is 40.3 Å². The monoisotopic (exact) mass is 414 g/mol. The second-order valence-electron chi connectivity index (χ2n) is 7.83. The highest BCUT2D eigenvalue weighted by atomic mass is 19.1. The number of nitrogens with zero attached hydrogens (tertiary/aromatic N) is 1. The molecule has 3 nitrogen and oxygen atoms in total. The van der Waals surface area contributed by atoms with Gasteiger partial charge < -0.3 is 9.88 Å². The zero-order chi connectivity index (χ0) is 21.5. The number of fused-ring (bicyclic) bond motifs is 1. The highest BCUT2D eigenvalue weighted by molar-refractivity contribution is 5.84. The lowest BCUT2D eigenvalue weighted by Crippen LogP contribution is -2.25. The van der Waals surface area contributed by atoms with E-state index in [-0.39, 0.29) is 11.7 Å². The quantitative estimate of drug-likeness (QED) is 0.385. The summed E-state index contributed by atoms with van der Waals surface area (Å²) in [6, 6.07) is 25.3. The first-order valence-electron chi connectivity index (χ1n) is 10.8. The Morgan fingerprint density at radius 2 is 1.58 bits per heavy atom. The molecule has 0 aliphatic heterocycles. The van der Waals surface area contributed by atoms with Crippen molar-refractivity contribution in [2.75, 3.05) is 6.54 Å². The summed E-state index contributed by atoms with van der Waals surface area (Å²) < 4.78 is 16.2. The molecule has 0 radical (unpaired) electrons. The standard InChI is InChI=1S/C27H27FN2O/c28-25-14-6-4-11-23(25)20-30-19-22(24-13-5-7-15-26(24)30)12-8-16-27(31)29-18-17-21-9-2-1-3-10-21/h1-7,9-11,13-15,19H,8,12,16-18,20H2,(H,29,31). The summed E-state index contributed by atoms with van der Waals surface area (Å²) in [4.78, 5) is 12.2. The van der Waals surface area contributed by atoms with Crippen molar-refractivity contribution in [3.05, 3.63) is 108 Å². The third-order valence-corrected chi connectivity index (χ3v) is 5.60. The van der Waals surface area contributed by atoms with E-state index in [1.165, 1.54) is 22.6 Å². The summed E-state index contributed by atoms with van der Waals surface area (Å²) in [5, 5.41) is 4.18. The summed E-state index contributed by atoms with van der Waals surface area (Å²) in [6.07, 6.45) is 5.05. The van der Waals surface area contributed by atoms with Crippen LogP contribution in [-0.4, -0.2) is 17.0 Å². The molecule has 0 fully saturated rings. The Morgan fingerprint density at radius 3 is 2.42 bits per heavy atom. The third-order valence-electron chi connectivity index (χ3n) is 5.60. The van der Waals surface area contributed by atoms with E-state index in [9.17, 15) is 9.18 Å². The maximum absolute atomic E-state index is 14.1. The van der Waals surface area contributed by atoms with Gasteiger partial charge in [0.15, 0.2) is 0 Å². The first-order valence-corrected chi connectivity index (χ1v) is 10.8. The lowest BCUT2D eigenvalue weighted by molar-refractivity contribution is -0.121. The number of hydrogen-bond donors (Lipinski definition) is 1. The lowest BCUT2D eigenvalue weighted by Gasteiger charge is -2.06. The fourth-order valence-electron chi connectivity index (χ4n) is 3.98. The number of benzene rings is 3. The van der Waals surface area contributed by atoms with Crippen LogP contribution in [0.2, 0.25) is 0 Å². The number of aromatic nitrogens is 1.